The van der Waals surface area contributed by atoms with Crippen molar-refractivity contribution in [1.82, 2.24) is 19.7 Å². The minimum atomic E-state index is -0.0475. The molecular formula is C9H18N4O. The first-order valence-electron chi connectivity index (χ1n) is 4.97. The highest BCUT2D eigenvalue weighted by Crippen LogP contribution is 1.91. The molecule has 80 valence electrons. The van der Waals surface area contributed by atoms with E-state index in [1.807, 2.05) is 0 Å². The van der Waals surface area contributed by atoms with Crippen molar-refractivity contribution in [2.24, 2.45) is 7.05 Å². The number of nitrogens with zero attached hydrogens (tertiary/aromatic N) is 3. The Kier molecular flexibility index (Phi) is 3.88. The zero-order valence-electron chi connectivity index (χ0n) is 9.03. The molecule has 0 aliphatic carbocycles. The fourth-order valence-corrected chi connectivity index (χ4v) is 1.34. The van der Waals surface area contributed by atoms with Crippen LogP contribution < -0.4 is 11.0 Å². The molecule has 0 aromatic carbocycles. The van der Waals surface area contributed by atoms with Crippen LogP contribution in [0.4, 0.5) is 0 Å². The van der Waals surface area contributed by atoms with Crippen molar-refractivity contribution >= 4 is 0 Å². The predicted octanol–water partition coefficient (Wildman–Crippen LogP) is -0.0301. The molecule has 1 rings (SSSR count). The molecule has 5 nitrogen and oxygen atoms in total. The molecule has 0 aliphatic rings. The van der Waals surface area contributed by atoms with Crippen molar-refractivity contribution in [2.45, 2.75) is 32.9 Å². The molecule has 1 unspecified atom stereocenters. The van der Waals surface area contributed by atoms with E-state index in [9.17, 15) is 4.79 Å². The Bertz CT molecular complexity index is 328. The van der Waals surface area contributed by atoms with E-state index < -0.39 is 0 Å². The van der Waals surface area contributed by atoms with Crippen molar-refractivity contribution in [3.63, 3.8) is 0 Å². The van der Waals surface area contributed by atoms with Gasteiger partial charge in [-0.3, -0.25) is 4.57 Å². The van der Waals surface area contributed by atoms with Crippen molar-refractivity contribution in [3.8, 4) is 0 Å². The molecule has 1 aromatic heterocycles. The van der Waals surface area contributed by atoms with Crippen LogP contribution in [0.25, 0.3) is 0 Å². The lowest BCUT2D eigenvalue weighted by Crippen LogP contribution is -2.30. The lowest BCUT2D eigenvalue weighted by molar-refractivity contribution is 0.459. The van der Waals surface area contributed by atoms with Crippen LogP contribution in [0.3, 0.4) is 0 Å². The van der Waals surface area contributed by atoms with E-state index in [4.69, 9.17) is 0 Å². The fourth-order valence-electron chi connectivity index (χ4n) is 1.34. The molecule has 0 bridgehead atoms. The van der Waals surface area contributed by atoms with Gasteiger partial charge >= 0.3 is 5.69 Å². The minimum Gasteiger partial charge on any atom is -0.314 e. The lowest BCUT2D eigenvalue weighted by Gasteiger charge is -2.10. The van der Waals surface area contributed by atoms with E-state index in [0.29, 0.717) is 12.6 Å². The Morgan fingerprint density at radius 1 is 1.64 bits per heavy atom. The first-order valence-corrected chi connectivity index (χ1v) is 4.97. The van der Waals surface area contributed by atoms with E-state index in [-0.39, 0.29) is 5.69 Å². The van der Waals surface area contributed by atoms with Gasteiger partial charge in [-0.05, 0) is 19.9 Å². The van der Waals surface area contributed by atoms with E-state index in [2.05, 4.69) is 24.3 Å². The summed E-state index contributed by atoms with van der Waals surface area (Å²) in [7, 11) is 1.71. The SMILES string of the molecule is CCNC(C)CCn1ncn(C)c1=O. The summed E-state index contributed by atoms with van der Waals surface area (Å²) in [6, 6.07) is 0.425. The van der Waals surface area contributed by atoms with Gasteiger partial charge in [-0.15, -0.1) is 0 Å². The van der Waals surface area contributed by atoms with Gasteiger partial charge in [0.1, 0.15) is 6.33 Å². The van der Waals surface area contributed by atoms with Crippen LogP contribution in [-0.2, 0) is 13.6 Å². The van der Waals surface area contributed by atoms with Crippen molar-refractivity contribution in [1.29, 1.82) is 0 Å². The maximum Gasteiger partial charge on any atom is 0.345 e. The average molecular weight is 198 g/mol. The predicted molar refractivity (Wildman–Crippen MR) is 55.2 cm³/mol. The maximum atomic E-state index is 11.4. The van der Waals surface area contributed by atoms with Crippen molar-refractivity contribution in [2.75, 3.05) is 6.54 Å². The highest BCUT2D eigenvalue weighted by Gasteiger charge is 2.04. The number of rotatable bonds is 5. The Morgan fingerprint density at radius 2 is 2.36 bits per heavy atom. The molecule has 0 saturated heterocycles. The quantitative estimate of drug-likeness (QED) is 0.723. The highest BCUT2D eigenvalue weighted by atomic mass is 16.2. The molecular weight excluding hydrogens is 180 g/mol. The third-order valence-electron chi connectivity index (χ3n) is 2.21. The van der Waals surface area contributed by atoms with Gasteiger partial charge in [0.25, 0.3) is 0 Å². The summed E-state index contributed by atoms with van der Waals surface area (Å²) < 4.78 is 2.98. The van der Waals surface area contributed by atoms with Crippen LogP contribution in [0.1, 0.15) is 20.3 Å². The molecule has 0 aliphatic heterocycles. The second-order valence-corrected chi connectivity index (χ2v) is 3.49. The molecule has 0 fully saturated rings. The highest BCUT2D eigenvalue weighted by molar-refractivity contribution is 4.67. The van der Waals surface area contributed by atoms with Gasteiger partial charge in [0.05, 0.1) is 0 Å². The third-order valence-corrected chi connectivity index (χ3v) is 2.21. The number of aromatic nitrogens is 3. The molecule has 0 spiro atoms. The molecule has 0 saturated carbocycles. The van der Waals surface area contributed by atoms with Gasteiger partial charge < -0.3 is 5.32 Å². The van der Waals surface area contributed by atoms with E-state index in [1.165, 1.54) is 9.25 Å². The summed E-state index contributed by atoms with van der Waals surface area (Å²) in [5, 5.41) is 7.28. The first kappa shape index (κ1) is 11.0. The van der Waals surface area contributed by atoms with Gasteiger partial charge in [-0.2, -0.15) is 5.10 Å². The molecule has 1 N–H and O–H groups in total. The van der Waals surface area contributed by atoms with Crippen LogP contribution in [0.2, 0.25) is 0 Å². The molecule has 1 aromatic rings. The van der Waals surface area contributed by atoms with Crippen LogP contribution in [-0.4, -0.2) is 26.9 Å². The number of hydrogen-bond donors (Lipinski definition) is 1. The maximum absolute atomic E-state index is 11.4. The van der Waals surface area contributed by atoms with Crippen LogP contribution >= 0.6 is 0 Å². The average Bonchev–Trinajstić information content (AvgIpc) is 2.46. The summed E-state index contributed by atoms with van der Waals surface area (Å²) in [6.45, 7) is 5.81. The second-order valence-electron chi connectivity index (χ2n) is 3.49. The molecule has 14 heavy (non-hydrogen) atoms. The fraction of sp³-hybridized carbons (Fsp3) is 0.778. The van der Waals surface area contributed by atoms with Gasteiger partial charge in [0.15, 0.2) is 0 Å². The van der Waals surface area contributed by atoms with Crippen LogP contribution in [0.15, 0.2) is 11.1 Å². The van der Waals surface area contributed by atoms with E-state index >= 15 is 0 Å². The number of nitrogens with one attached hydrogen (secondary N) is 1. The Labute approximate surface area is 83.7 Å². The van der Waals surface area contributed by atoms with E-state index in [0.717, 1.165) is 13.0 Å². The molecule has 0 amide bonds. The third kappa shape index (κ3) is 2.70. The van der Waals surface area contributed by atoms with Gasteiger partial charge in [-0.25, -0.2) is 9.48 Å². The molecule has 1 atom stereocenters. The van der Waals surface area contributed by atoms with Crippen LogP contribution in [0, 0.1) is 0 Å². The molecule has 5 heteroatoms. The Morgan fingerprint density at radius 3 is 2.86 bits per heavy atom. The smallest absolute Gasteiger partial charge is 0.314 e. The summed E-state index contributed by atoms with van der Waals surface area (Å²) in [5.74, 6) is 0. The number of aryl methyl sites for hydroxylation is 2. The summed E-state index contributed by atoms with van der Waals surface area (Å²) in [6.07, 6.45) is 2.46. The minimum absolute atomic E-state index is 0.0475. The Hall–Kier alpha value is -1.10. The zero-order chi connectivity index (χ0) is 10.6. The first-order chi connectivity index (χ1) is 6.65. The number of hydrogen-bond acceptors (Lipinski definition) is 3. The standard InChI is InChI=1S/C9H18N4O/c1-4-10-8(2)5-6-13-9(14)12(3)7-11-13/h7-8,10H,4-6H2,1-3H3. The van der Waals surface area contributed by atoms with Gasteiger partial charge in [0.2, 0.25) is 0 Å². The van der Waals surface area contributed by atoms with Crippen LogP contribution in [0.5, 0.6) is 0 Å². The Balaban J connectivity index is 2.46. The monoisotopic (exact) mass is 198 g/mol. The summed E-state index contributed by atoms with van der Waals surface area (Å²) in [4.78, 5) is 11.4. The van der Waals surface area contributed by atoms with Gasteiger partial charge in [0, 0.05) is 19.6 Å². The summed E-state index contributed by atoms with van der Waals surface area (Å²) in [5.41, 5.74) is -0.0475. The van der Waals surface area contributed by atoms with E-state index in [1.54, 1.807) is 13.4 Å². The van der Waals surface area contributed by atoms with Gasteiger partial charge in [-0.1, -0.05) is 6.92 Å². The van der Waals surface area contributed by atoms with Crippen molar-refractivity contribution < 1.29 is 0 Å². The topological polar surface area (TPSA) is 51.9 Å². The lowest BCUT2D eigenvalue weighted by atomic mass is 10.2. The largest absolute Gasteiger partial charge is 0.345 e. The zero-order valence-corrected chi connectivity index (χ0v) is 9.03. The molecule has 0 radical (unpaired) electrons. The molecule has 1 heterocycles. The van der Waals surface area contributed by atoms with Crippen molar-refractivity contribution in [3.05, 3.63) is 16.8 Å². The second kappa shape index (κ2) is 4.95. The normalized spacial score (nSPS) is 13.1. The summed E-state index contributed by atoms with van der Waals surface area (Å²) >= 11 is 0.